The Morgan fingerprint density at radius 1 is 1.00 bits per heavy atom. The summed E-state index contributed by atoms with van der Waals surface area (Å²) in [4.78, 5) is 56.3. The molecule has 0 spiro atoms. The van der Waals surface area contributed by atoms with Crippen molar-refractivity contribution in [3.05, 3.63) is 52.0 Å². The van der Waals surface area contributed by atoms with Crippen LogP contribution in [0.5, 0.6) is 0 Å². The van der Waals surface area contributed by atoms with Gasteiger partial charge in [0, 0.05) is 14.2 Å². The number of benzene rings is 1. The molecule has 200 valence electrons. The summed E-state index contributed by atoms with van der Waals surface area (Å²) in [5, 5.41) is 8.67. The number of ketones is 1. The van der Waals surface area contributed by atoms with Crippen molar-refractivity contribution in [2.45, 2.75) is 44.0 Å². The number of nitrogens with zero attached hydrogens (tertiary/aromatic N) is 1. The summed E-state index contributed by atoms with van der Waals surface area (Å²) in [5.41, 5.74) is -0.0887. The zero-order valence-electron chi connectivity index (χ0n) is 21.2. The average Bonchev–Trinajstić information content (AvgIpc) is 3.48. The first-order valence-corrected chi connectivity index (χ1v) is 12.5. The van der Waals surface area contributed by atoms with E-state index < -0.39 is 41.4 Å². The van der Waals surface area contributed by atoms with Crippen LogP contribution in [0.25, 0.3) is 0 Å². The molecule has 3 amide bonds. The van der Waals surface area contributed by atoms with E-state index in [2.05, 4.69) is 20.9 Å². The molecule has 2 heterocycles. The molecule has 3 unspecified atom stereocenters. The molecule has 1 aliphatic rings. The fourth-order valence-corrected chi connectivity index (χ4v) is 4.30. The molecule has 2 aromatic rings. The van der Waals surface area contributed by atoms with Crippen molar-refractivity contribution in [1.29, 1.82) is 0 Å². The van der Waals surface area contributed by atoms with Crippen LogP contribution in [0.15, 0.2) is 36.5 Å². The first kappa shape index (κ1) is 28.4. The van der Waals surface area contributed by atoms with E-state index in [9.17, 15) is 19.2 Å². The molecule has 1 aromatic heterocycles. The van der Waals surface area contributed by atoms with Crippen molar-refractivity contribution in [2.75, 3.05) is 34.0 Å². The molecular formula is C25H32N4O7S. The third-order valence-electron chi connectivity index (χ3n) is 5.78. The summed E-state index contributed by atoms with van der Waals surface area (Å²) in [6, 6.07) is 6.20. The number of amides is 3. The van der Waals surface area contributed by atoms with E-state index in [0.717, 1.165) is 5.56 Å². The lowest BCUT2D eigenvalue weighted by molar-refractivity contribution is -0.134. The molecule has 1 aromatic carbocycles. The van der Waals surface area contributed by atoms with Gasteiger partial charge in [0.15, 0.2) is 5.78 Å². The van der Waals surface area contributed by atoms with Crippen LogP contribution in [-0.2, 0) is 35.0 Å². The Morgan fingerprint density at radius 2 is 1.57 bits per heavy atom. The fraction of sp³-hybridized carbons (Fsp3) is 0.480. The number of carbonyl (C=O) groups excluding carboxylic acids is 4. The summed E-state index contributed by atoms with van der Waals surface area (Å²) in [6.07, 6.45) is 1.68. The van der Waals surface area contributed by atoms with Crippen molar-refractivity contribution in [1.82, 2.24) is 20.9 Å². The van der Waals surface area contributed by atoms with Crippen LogP contribution in [0.4, 0.5) is 0 Å². The van der Waals surface area contributed by atoms with E-state index in [1.165, 1.54) is 31.8 Å². The summed E-state index contributed by atoms with van der Waals surface area (Å²) < 4.78 is 15.6. The standard InChI is InChI=1S/C25H32N4O7S/c1-15-26-11-20(37-15)24(33)29-19(13-35-4)23(32)28-18(12-34-3)22(31)27-17(21(30)25(2)14-36-25)10-16-8-6-5-7-9-16/h5-9,11,17-19H,10,12-14H2,1-4H3,(H,27,31)(H,28,32)(H,29,33)/t17?,18?,19?,25-/m1/s1. The molecule has 3 rings (SSSR count). The van der Waals surface area contributed by atoms with E-state index in [1.807, 2.05) is 30.3 Å². The minimum Gasteiger partial charge on any atom is -0.382 e. The van der Waals surface area contributed by atoms with Gasteiger partial charge < -0.3 is 30.2 Å². The molecule has 0 saturated carbocycles. The molecule has 37 heavy (non-hydrogen) atoms. The number of hydrogen-bond donors (Lipinski definition) is 3. The van der Waals surface area contributed by atoms with Crippen molar-refractivity contribution in [3.63, 3.8) is 0 Å². The molecule has 0 aliphatic carbocycles. The summed E-state index contributed by atoms with van der Waals surface area (Å²) >= 11 is 1.19. The minimum atomic E-state index is -1.13. The van der Waals surface area contributed by atoms with E-state index in [0.29, 0.717) is 9.88 Å². The number of ether oxygens (including phenoxy) is 3. The van der Waals surface area contributed by atoms with E-state index >= 15 is 0 Å². The second-order valence-electron chi connectivity index (χ2n) is 8.88. The van der Waals surface area contributed by atoms with Crippen LogP contribution in [0.1, 0.15) is 27.2 Å². The summed E-state index contributed by atoms with van der Waals surface area (Å²) in [7, 11) is 2.78. The van der Waals surface area contributed by atoms with Crippen molar-refractivity contribution >= 4 is 34.8 Å². The number of hydrogen-bond acceptors (Lipinski definition) is 9. The summed E-state index contributed by atoms with van der Waals surface area (Å²) in [5.74, 6) is -1.98. The van der Waals surface area contributed by atoms with Crippen LogP contribution >= 0.6 is 11.3 Å². The van der Waals surface area contributed by atoms with Crippen LogP contribution in [0.2, 0.25) is 0 Å². The van der Waals surface area contributed by atoms with Crippen LogP contribution in [0, 0.1) is 6.92 Å². The maximum atomic E-state index is 13.2. The van der Waals surface area contributed by atoms with E-state index in [1.54, 1.807) is 13.8 Å². The monoisotopic (exact) mass is 532 g/mol. The minimum absolute atomic E-state index is 0.124. The largest absolute Gasteiger partial charge is 0.382 e. The summed E-state index contributed by atoms with van der Waals surface area (Å²) in [6.45, 7) is 3.44. The van der Waals surface area contributed by atoms with Gasteiger partial charge in [-0.1, -0.05) is 30.3 Å². The smallest absolute Gasteiger partial charge is 0.263 e. The SMILES string of the molecule is COCC(NC(=O)c1cnc(C)s1)C(=O)NC(COC)C(=O)NC(Cc1ccccc1)C(=O)[C@@]1(C)CO1. The lowest BCUT2D eigenvalue weighted by Crippen LogP contribution is -2.59. The molecule has 0 bridgehead atoms. The average molecular weight is 533 g/mol. The zero-order chi connectivity index (χ0) is 27.0. The highest BCUT2D eigenvalue weighted by Crippen LogP contribution is 2.29. The van der Waals surface area contributed by atoms with Gasteiger partial charge in [-0.15, -0.1) is 11.3 Å². The van der Waals surface area contributed by atoms with E-state index in [-0.39, 0.29) is 32.0 Å². The zero-order valence-corrected chi connectivity index (χ0v) is 22.1. The van der Waals surface area contributed by atoms with Crippen LogP contribution in [-0.4, -0.2) is 86.3 Å². The van der Waals surface area contributed by atoms with Gasteiger partial charge in [0.1, 0.15) is 22.6 Å². The number of nitrogens with one attached hydrogen (secondary N) is 3. The topological polar surface area (TPSA) is 148 Å². The van der Waals surface area contributed by atoms with Crippen molar-refractivity contribution in [3.8, 4) is 0 Å². The van der Waals surface area contributed by atoms with Gasteiger partial charge in [0.2, 0.25) is 11.8 Å². The van der Waals surface area contributed by atoms with Crippen LogP contribution < -0.4 is 16.0 Å². The van der Waals surface area contributed by atoms with Crippen molar-refractivity contribution in [2.24, 2.45) is 0 Å². The maximum absolute atomic E-state index is 13.2. The van der Waals surface area contributed by atoms with Gasteiger partial charge >= 0.3 is 0 Å². The molecule has 1 saturated heterocycles. The molecule has 0 radical (unpaired) electrons. The third kappa shape index (κ3) is 7.89. The highest BCUT2D eigenvalue weighted by atomic mass is 32.1. The molecule has 1 aliphatic heterocycles. The van der Waals surface area contributed by atoms with Gasteiger partial charge in [-0.3, -0.25) is 19.2 Å². The second-order valence-corrected chi connectivity index (χ2v) is 10.1. The second kappa shape index (κ2) is 12.9. The lowest BCUT2D eigenvalue weighted by Gasteiger charge is -2.25. The molecule has 4 atom stereocenters. The Balaban J connectivity index is 1.70. The quantitative estimate of drug-likeness (QED) is 0.297. The number of aromatic nitrogens is 1. The first-order chi connectivity index (χ1) is 17.7. The number of rotatable bonds is 14. The fourth-order valence-electron chi connectivity index (χ4n) is 3.62. The third-order valence-corrected chi connectivity index (χ3v) is 6.69. The van der Waals surface area contributed by atoms with Crippen LogP contribution in [0.3, 0.4) is 0 Å². The Labute approximate surface area is 219 Å². The number of carbonyl (C=O) groups is 4. The molecule has 3 N–H and O–H groups in total. The van der Waals surface area contributed by atoms with Gasteiger partial charge in [-0.05, 0) is 25.8 Å². The predicted molar refractivity (Wildman–Crippen MR) is 135 cm³/mol. The Morgan fingerprint density at radius 3 is 2.08 bits per heavy atom. The predicted octanol–water partition coefficient (Wildman–Crippen LogP) is 0.413. The Hall–Kier alpha value is -3.19. The highest BCUT2D eigenvalue weighted by molar-refractivity contribution is 7.13. The number of epoxide rings is 1. The normalized spacial score (nSPS) is 18.8. The van der Waals surface area contributed by atoms with Gasteiger partial charge in [0.25, 0.3) is 5.91 Å². The lowest BCUT2D eigenvalue weighted by atomic mass is 9.94. The number of thiazole rings is 1. The number of Topliss-reactive ketones (excluding diaryl/α,β-unsaturated/α-hetero) is 1. The Bertz CT molecular complexity index is 1100. The Kier molecular flexibility index (Phi) is 9.86. The number of aryl methyl sites for hydroxylation is 1. The van der Waals surface area contributed by atoms with E-state index in [4.69, 9.17) is 14.2 Å². The molecule has 12 heteroatoms. The van der Waals surface area contributed by atoms with Gasteiger partial charge in [-0.2, -0.15) is 0 Å². The maximum Gasteiger partial charge on any atom is 0.263 e. The first-order valence-electron chi connectivity index (χ1n) is 11.7. The van der Waals surface area contributed by atoms with Gasteiger partial charge in [0.05, 0.1) is 37.1 Å². The molecular weight excluding hydrogens is 500 g/mol. The van der Waals surface area contributed by atoms with Crippen molar-refractivity contribution < 1.29 is 33.4 Å². The highest BCUT2D eigenvalue weighted by Gasteiger charge is 2.50. The molecule has 11 nitrogen and oxygen atoms in total. The number of methoxy groups -OCH3 is 2. The molecule has 1 fully saturated rings. The van der Waals surface area contributed by atoms with Gasteiger partial charge in [-0.25, -0.2) is 4.98 Å².